The molecule has 2 aliphatic rings. The summed E-state index contributed by atoms with van der Waals surface area (Å²) in [4.78, 5) is 14.2. The molecule has 2 aliphatic heterocycles. The molecule has 120 valence electrons. The van der Waals surface area contributed by atoms with E-state index in [0.717, 1.165) is 25.7 Å². The maximum atomic E-state index is 12.3. The fourth-order valence-corrected chi connectivity index (χ4v) is 3.15. The fourth-order valence-electron chi connectivity index (χ4n) is 3.15. The number of carbonyl (C=O) groups is 1. The van der Waals surface area contributed by atoms with E-state index in [2.05, 4.69) is 6.08 Å². The number of carbonyl (C=O) groups excluding carboxylic acids is 1. The zero-order valence-electron chi connectivity index (χ0n) is 13.7. The highest BCUT2D eigenvalue weighted by Gasteiger charge is 2.41. The summed E-state index contributed by atoms with van der Waals surface area (Å²) in [6.07, 6.45) is 5.50. The number of methoxy groups -OCH3 is 2. The van der Waals surface area contributed by atoms with E-state index in [4.69, 9.17) is 14.2 Å². The molecule has 1 fully saturated rings. The van der Waals surface area contributed by atoms with E-state index in [0.29, 0.717) is 0 Å². The molecule has 0 spiro atoms. The third-order valence-electron chi connectivity index (χ3n) is 4.03. The predicted octanol–water partition coefficient (Wildman–Crippen LogP) is 3.09. The van der Waals surface area contributed by atoms with Crippen molar-refractivity contribution in [3.63, 3.8) is 0 Å². The fraction of sp³-hybridized carbons (Fsp3) is 0.812. The molecule has 21 heavy (non-hydrogen) atoms. The number of nitrogens with zero attached hydrogens (tertiary/aromatic N) is 1. The second-order valence-electron chi connectivity index (χ2n) is 6.82. The molecule has 2 unspecified atom stereocenters. The van der Waals surface area contributed by atoms with Crippen LogP contribution in [0.5, 0.6) is 0 Å². The summed E-state index contributed by atoms with van der Waals surface area (Å²) in [6.45, 7) is 5.71. The molecule has 0 aliphatic carbocycles. The number of ether oxygens (including phenoxy) is 3. The zero-order chi connectivity index (χ0) is 15.6. The number of hydrogen-bond acceptors (Lipinski definition) is 4. The van der Waals surface area contributed by atoms with Crippen molar-refractivity contribution < 1.29 is 19.0 Å². The van der Waals surface area contributed by atoms with Crippen molar-refractivity contribution in [2.45, 2.75) is 70.4 Å². The van der Waals surface area contributed by atoms with Gasteiger partial charge >= 0.3 is 6.09 Å². The van der Waals surface area contributed by atoms with Gasteiger partial charge in [-0.2, -0.15) is 0 Å². The van der Waals surface area contributed by atoms with Gasteiger partial charge in [-0.05, 0) is 40.0 Å². The molecule has 0 aromatic heterocycles. The summed E-state index contributed by atoms with van der Waals surface area (Å²) in [7, 11) is 3.30. The van der Waals surface area contributed by atoms with Crippen molar-refractivity contribution in [2.24, 2.45) is 0 Å². The first-order valence-corrected chi connectivity index (χ1v) is 7.60. The molecule has 1 amide bonds. The lowest BCUT2D eigenvalue weighted by Crippen LogP contribution is -2.45. The first-order chi connectivity index (χ1) is 9.84. The van der Waals surface area contributed by atoms with Gasteiger partial charge in [-0.1, -0.05) is 11.6 Å². The van der Waals surface area contributed by atoms with Gasteiger partial charge in [0.2, 0.25) is 0 Å². The largest absolute Gasteiger partial charge is 0.444 e. The quantitative estimate of drug-likeness (QED) is 0.591. The van der Waals surface area contributed by atoms with Gasteiger partial charge in [0.1, 0.15) is 5.60 Å². The lowest BCUT2D eigenvalue weighted by atomic mass is 9.98. The first-order valence-electron chi connectivity index (χ1n) is 7.60. The Morgan fingerprint density at radius 3 is 2.52 bits per heavy atom. The van der Waals surface area contributed by atoms with Crippen LogP contribution in [-0.2, 0) is 14.2 Å². The minimum Gasteiger partial charge on any atom is -0.444 e. The Hall–Kier alpha value is -1.07. The number of hydrogen-bond donors (Lipinski definition) is 0. The van der Waals surface area contributed by atoms with Crippen molar-refractivity contribution in [2.75, 3.05) is 14.2 Å². The van der Waals surface area contributed by atoms with Gasteiger partial charge in [-0.3, -0.25) is 4.90 Å². The second kappa shape index (κ2) is 6.36. The van der Waals surface area contributed by atoms with Crippen molar-refractivity contribution in [3.8, 4) is 0 Å². The van der Waals surface area contributed by atoms with Gasteiger partial charge < -0.3 is 14.2 Å². The van der Waals surface area contributed by atoms with Gasteiger partial charge in [0.25, 0.3) is 0 Å². The van der Waals surface area contributed by atoms with Gasteiger partial charge in [0, 0.05) is 26.7 Å². The van der Waals surface area contributed by atoms with E-state index >= 15 is 0 Å². The summed E-state index contributed by atoms with van der Waals surface area (Å²) in [5, 5.41) is 0. The number of rotatable bonds is 4. The van der Waals surface area contributed by atoms with Gasteiger partial charge in [-0.15, -0.1) is 0 Å². The number of fused-ring (bicyclic) bond motifs is 2. The normalized spacial score (nSPS) is 25.2. The van der Waals surface area contributed by atoms with Gasteiger partial charge in [0.05, 0.1) is 6.04 Å². The molecule has 2 bridgehead atoms. The molecule has 1 saturated heterocycles. The highest BCUT2D eigenvalue weighted by atomic mass is 16.7. The third kappa shape index (κ3) is 3.98. The molecule has 5 heteroatoms. The zero-order valence-corrected chi connectivity index (χ0v) is 13.7. The highest BCUT2D eigenvalue weighted by molar-refractivity contribution is 5.70. The van der Waals surface area contributed by atoms with Gasteiger partial charge in [-0.25, -0.2) is 4.79 Å². The Morgan fingerprint density at radius 1 is 1.33 bits per heavy atom. The average molecular weight is 297 g/mol. The van der Waals surface area contributed by atoms with Crippen LogP contribution in [0.4, 0.5) is 4.79 Å². The summed E-state index contributed by atoms with van der Waals surface area (Å²) in [5.74, 6) is 0. The van der Waals surface area contributed by atoms with Crippen molar-refractivity contribution in [1.29, 1.82) is 0 Å². The Labute approximate surface area is 127 Å². The monoisotopic (exact) mass is 297 g/mol. The Bertz CT molecular complexity index is 409. The SMILES string of the molecule is COC(CC1=CC2CCC(C1)N2C(=O)OC(C)(C)C)OC. The van der Waals surface area contributed by atoms with E-state index in [1.165, 1.54) is 5.57 Å². The topological polar surface area (TPSA) is 48.0 Å². The lowest BCUT2D eigenvalue weighted by molar-refractivity contribution is -0.101. The molecule has 0 aromatic carbocycles. The molecule has 0 aromatic rings. The summed E-state index contributed by atoms with van der Waals surface area (Å²) >= 11 is 0. The molecular formula is C16H27NO4. The second-order valence-corrected chi connectivity index (χ2v) is 6.82. The van der Waals surface area contributed by atoms with Crippen LogP contribution in [0.1, 0.15) is 46.5 Å². The standard InChI is InChI=1S/C16H27NO4/c1-16(2,3)21-15(18)17-12-6-7-13(17)9-11(8-12)10-14(19-4)20-5/h8,12-14H,6-7,9-10H2,1-5H3. The molecule has 0 radical (unpaired) electrons. The highest BCUT2D eigenvalue weighted by Crippen LogP contribution is 2.37. The van der Waals surface area contributed by atoms with Crippen LogP contribution in [0.15, 0.2) is 11.6 Å². The van der Waals surface area contributed by atoms with Crippen LogP contribution in [0.3, 0.4) is 0 Å². The number of amides is 1. The smallest absolute Gasteiger partial charge is 0.411 e. The van der Waals surface area contributed by atoms with E-state index < -0.39 is 5.60 Å². The van der Waals surface area contributed by atoms with Crippen LogP contribution >= 0.6 is 0 Å². The van der Waals surface area contributed by atoms with Gasteiger partial charge in [0.15, 0.2) is 6.29 Å². The summed E-state index contributed by atoms with van der Waals surface area (Å²) < 4.78 is 16.1. The maximum Gasteiger partial charge on any atom is 0.411 e. The Kier molecular flexibility index (Phi) is 4.94. The predicted molar refractivity (Wildman–Crippen MR) is 80.0 cm³/mol. The van der Waals surface area contributed by atoms with Crippen LogP contribution in [-0.4, -0.2) is 49.2 Å². The van der Waals surface area contributed by atoms with Crippen molar-refractivity contribution in [1.82, 2.24) is 4.90 Å². The van der Waals surface area contributed by atoms with Crippen LogP contribution in [0.25, 0.3) is 0 Å². The molecule has 2 rings (SSSR count). The molecule has 5 nitrogen and oxygen atoms in total. The summed E-state index contributed by atoms with van der Waals surface area (Å²) in [5.41, 5.74) is 0.869. The Balaban J connectivity index is 2.03. The average Bonchev–Trinajstić information content (AvgIpc) is 2.66. The van der Waals surface area contributed by atoms with Crippen LogP contribution in [0, 0.1) is 0 Å². The lowest BCUT2D eigenvalue weighted by Gasteiger charge is -2.35. The van der Waals surface area contributed by atoms with Crippen molar-refractivity contribution >= 4 is 6.09 Å². The molecular weight excluding hydrogens is 270 g/mol. The first kappa shape index (κ1) is 16.3. The van der Waals surface area contributed by atoms with Crippen LogP contribution in [0.2, 0.25) is 0 Å². The minimum atomic E-state index is -0.447. The van der Waals surface area contributed by atoms with Crippen LogP contribution < -0.4 is 0 Å². The summed E-state index contributed by atoms with van der Waals surface area (Å²) in [6, 6.07) is 0.405. The molecule has 2 heterocycles. The molecule has 0 saturated carbocycles. The van der Waals surface area contributed by atoms with E-state index in [1.54, 1.807) is 14.2 Å². The molecule has 2 atom stereocenters. The third-order valence-corrected chi connectivity index (χ3v) is 4.03. The van der Waals surface area contributed by atoms with E-state index in [-0.39, 0.29) is 24.5 Å². The van der Waals surface area contributed by atoms with Crippen molar-refractivity contribution in [3.05, 3.63) is 11.6 Å². The van der Waals surface area contributed by atoms with E-state index in [1.807, 2.05) is 25.7 Å². The maximum absolute atomic E-state index is 12.3. The minimum absolute atomic E-state index is 0.156. The molecule has 0 N–H and O–H groups in total. The van der Waals surface area contributed by atoms with E-state index in [9.17, 15) is 4.79 Å². The Morgan fingerprint density at radius 2 is 2.00 bits per heavy atom.